The second kappa shape index (κ2) is 5.90. The van der Waals surface area contributed by atoms with Crippen molar-refractivity contribution in [2.24, 2.45) is 0 Å². The standard InChI is InChI=1S/C14H10BrClN2/c15-11-4-2-6-13(8-11)18-14(9-17)10-3-1-5-12(16)7-10/h1-8,14,18H. The van der Waals surface area contributed by atoms with Crippen LogP contribution in [0.15, 0.2) is 53.0 Å². The predicted octanol–water partition coefficient (Wildman–Crippen LogP) is 4.78. The molecule has 90 valence electrons. The van der Waals surface area contributed by atoms with Gasteiger partial charge in [0.05, 0.1) is 6.07 Å². The Labute approximate surface area is 119 Å². The molecule has 0 saturated heterocycles. The number of hydrogen-bond acceptors (Lipinski definition) is 2. The van der Waals surface area contributed by atoms with Crippen molar-refractivity contribution < 1.29 is 0 Å². The number of anilines is 1. The Morgan fingerprint density at radius 1 is 1.17 bits per heavy atom. The average Bonchev–Trinajstić information content (AvgIpc) is 2.36. The van der Waals surface area contributed by atoms with Crippen LogP contribution in [-0.4, -0.2) is 0 Å². The molecule has 0 saturated carbocycles. The molecule has 2 aromatic carbocycles. The number of nitrogens with one attached hydrogen (secondary N) is 1. The second-order valence-electron chi connectivity index (χ2n) is 3.77. The van der Waals surface area contributed by atoms with Crippen LogP contribution in [0.4, 0.5) is 5.69 Å². The first-order chi connectivity index (χ1) is 8.69. The SMILES string of the molecule is N#CC(Nc1cccc(Br)c1)c1cccc(Cl)c1. The Kier molecular flexibility index (Phi) is 4.24. The molecule has 2 nitrogen and oxygen atoms in total. The number of hydrogen-bond donors (Lipinski definition) is 1. The van der Waals surface area contributed by atoms with Crippen molar-refractivity contribution in [1.82, 2.24) is 0 Å². The van der Waals surface area contributed by atoms with Crippen LogP contribution in [0.5, 0.6) is 0 Å². The highest BCUT2D eigenvalue weighted by molar-refractivity contribution is 9.10. The summed E-state index contributed by atoms with van der Waals surface area (Å²) in [7, 11) is 0. The van der Waals surface area contributed by atoms with Gasteiger partial charge in [-0.3, -0.25) is 0 Å². The minimum Gasteiger partial charge on any atom is -0.366 e. The van der Waals surface area contributed by atoms with Crippen LogP contribution in [0, 0.1) is 11.3 Å². The Hall–Kier alpha value is -1.50. The normalized spacial score (nSPS) is 11.6. The van der Waals surface area contributed by atoms with Crippen molar-refractivity contribution >= 4 is 33.2 Å². The molecule has 0 spiro atoms. The van der Waals surface area contributed by atoms with E-state index in [0.29, 0.717) is 5.02 Å². The summed E-state index contributed by atoms with van der Waals surface area (Å²) in [6, 6.07) is 16.8. The Morgan fingerprint density at radius 2 is 1.94 bits per heavy atom. The van der Waals surface area contributed by atoms with Crippen LogP contribution in [-0.2, 0) is 0 Å². The summed E-state index contributed by atoms with van der Waals surface area (Å²) < 4.78 is 0.968. The van der Waals surface area contributed by atoms with Gasteiger partial charge in [-0.25, -0.2) is 0 Å². The maximum atomic E-state index is 9.23. The molecule has 4 heteroatoms. The van der Waals surface area contributed by atoms with Gasteiger partial charge < -0.3 is 5.32 Å². The molecule has 0 aliphatic heterocycles. The topological polar surface area (TPSA) is 35.8 Å². The van der Waals surface area contributed by atoms with Crippen LogP contribution in [0.1, 0.15) is 11.6 Å². The van der Waals surface area contributed by atoms with E-state index in [1.807, 2.05) is 36.4 Å². The molecule has 1 N–H and O–H groups in total. The van der Waals surface area contributed by atoms with Crippen LogP contribution in [0.2, 0.25) is 5.02 Å². The summed E-state index contributed by atoms with van der Waals surface area (Å²) >= 11 is 9.33. The maximum absolute atomic E-state index is 9.23. The number of nitriles is 1. The molecule has 0 radical (unpaired) electrons. The smallest absolute Gasteiger partial charge is 0.140 e. The monoisotopic (exact) mass is 320 g/mol. The van der Waals surface area contributed by atoms with Gasteiger partial charge in [0.2, 0.25) is 0 Å². The highest BCUT2D eigenvalue weighted by atomic mass is 79.9. The fourth-order valence-corrected chi connectivity index (χ4v) is 2.22. The highest BCUT2D eigenvalue weighted by Gasteiger charge is 2.10. The van der Waals surface area contributed by atoms with E-state index in [1.54, 1.807) is 12.1 Å². The summed E-state index contributed by atoms with van der Waals surface area (Å²) in [5.41, 5.74) is 1.74. The van der Waals surface area contributed by atoms with Gasteiger partial charge in [-0.05, 0) is 35.9 Å². The lowest BCUT2D eigenvalue weighted by Crippen LogP contribution is -2.08. The predicted molar refractivity (Wildman–Crippen MR) is 77.6 cm³/mol. The fraction of sp³-hybridized carbons (Fsp3) is 0.0714. The molecule has 0 bridgehead atoms. The Balaban J connectivity index is 2.23. The number of nitrogens with zero attached hydrogens (tertiary/aromatic N) is 1. The highest BCUT2D eigenvalue weighted by Crippen LogP contribution is 2.23. The quantitative estimate of drug-likeness (QED) is 0.883. The molecule has 18 heavy (non-hydrogen) atoms. The summed E-state index contributed by atoms with van der Waals surface area (Å²) in [6.45, 7) is 0. The molecular formula is C14H10BrClN2. The van der Waals surface area contributed by atoms with Crippen molar-refractivity contribution in [3.8, 4) is 6.07 Å². The molecule has 0 fully saturated rings. The molecule has 1 atom stereocenters. The van der Waals surface area contributed by atoms with Gasteiger partial charge in [-0.2, -0.15) is 5.26 Å². The molecule has 1 unspecified atom stereocenters. The average molecular weight is 322 g/mol. The van der Waals surface area contributed by atoms with E-state index in [2.05, 4.69) is 27.3 Å². The van der Waals surface area contributed by atoms with Gasteiger partial charge in [0.25, 0.3) is 0 Å². The van der Waals surface area contributed by atoms with E-state index < -0.39 is 6.04 Å². The summed E-state index contributed by atoms with van der Waals surface area (Å²) in [4.78, 5) is 0. The van der Waals surface area contributed by atoms with Gasteiger partial charge in [0, 0.05) is 15.2 Å². The first-order valence-corrected chi connectivity index (χ1v) is 6.53. The Morgan fingerprint density at radius 3 is 2.61 bits per heavy atom. The zero-order valence-electron chi connectivity index (χ0n) is 9.40. The van der Waals surface area contributed by atoms with Crippen molar-refractivity contribution in [2.75, 3.05) is 5.32 Å². The zero-order chi connectivity index (χ0) is 13.0. The molecule has 0 amide bonds. The maximum Gasteiger partial charge on any atom is 0.140 e. The summed E-state index contributed by atoms with van der Waals surface area (Å²) in [5.74, 6) is 0. The minimum absolute atomic E-state index is 0.419. The minimum atomic E-state index is -0.419. The van der Waals surface area contributed by atoms with E-state index in [-0.39, 0.29) is 0 Å². The van der Waals surface area contributed by atoms with Gasteiger partial charge in [0.15, 0.2) is 0 Å². The van der Waals surface area contributed by atoms with E-state index in [4.69, 9.17) is 11.6 Å². The van der Waals surface area contributed by atoms with Gasteiger partial charge in [-0.1, -0.05) is 45.7 Å². The third-order valence-corrected chi connectivity index (χ3v) is 3.18. The van der Waals surface area contributed by atoms with Crippen molar-refractivity contribution in [1.29, 1.82) is 5.26 Å². The van der Waals surface area contributed by atoms with Gasteiger partial charge in [-0.15, -0.1) is 0 Å². The van der Waals surface area contributed by atoms with E-state index in [1.165, 1.54) is 0 Å². The van der Waals surface area contributed by atoms with Crippen molar-refractivity contribution in [3.63, 3.8) is 0 Å². The first kappa shape index (κ1) is 12.9. The summed E-state index contributed by atoms with van der Waals surface area (Å²) in [5, 5.41) is 13.0. The molecule has 0 aliphatic carbocycles. The zero-order valence-corrected chi connectivity index (χ0v) is 11.7. The molecule has 0 heterocycles. The van der Waals surface area contributed by atoms with Crippen molar-refractivity contribution in [2.45, 2.75) is 6.04 Å². The number of halogens is 2. The van der Waals surface area contributed by atoms with Crippen LogP contribution in [0.25, 0.3) is 0 Å². The largest absolute Gasteiger partial charge is 0.366 e. The lowest BCUT2D eigenvalue weighted by atomic mass is 10.1. The van der Waals surface area contributed by atoms with Gasteiger partial charge in [0.1, 0.15) is 6.04 Å². The first-order valence-electron chi connectivity index (χ1n) is 5.36. The van der Waals surface area contributed by atoms with Crippen LogP contribution in [0.3, 0.4) is 0 Å². The molecule has 2 rings (SSSR count). The van der Waals surface area contributed by atoms with E-state index in [0.717, 1.165) is 15.7 Å². The van der Waals surface area contributed by atoms with Crippen molar-refractivity contribution in [3.05, 3.63) is 63.6 Å². The lowest BCUT2D eigenvalue weighted by molar-refractivity contribution is 0.997. The number of rotatable bonds is 3. The third-order valence-electron chi connectivity index (χ3n) is 2.45. The van der Waals surface area contributed by atoms with Gasteiger partial charge >= 0.3 is 0 Å². The molecule has 0 aromatic heterocycles. The van der Waals surface area contributed by atoms with Crippen LogP contribution < -0.4 is 5.32 Å². The third kappa shape index (κ3) is 3.25. The van der Waals surface area contributed by atoms with E-state index in [9.17, 15) is 5.26 Å². The van der Waals surface area contributed by atoms with Crippen LogP contribution >= 0.6 is 27.5 Å². The Bertz CT molecular complexity index is 592. The second-order valence-corrected chi connectivity index (χ2v) is 5.12. The van der Waals surface area contributed by atoms with E-state index >= 15 is 0 Å². The fourth-order valence-electron chi connectivity index (χ4n) is 1.62. The molecule has 0 aliphatic rings. The lowest BCUT2D eigenvalue weighted by Gasteiger charge is -2.13. The summed E-state index contributed by atoms with van der Waals surface area (Å²) in [6.07, 6.45) is 0. The number of benzene rings is 2. The molecule has 2 aromatic rings. The molecular weight excluding hydrogens is 312 g/mol.